The maximum Gasteiger partial charge on any atom is 0.271 e. The molecule has 1 saturated heterocycles. The van der Waals surface area contributed by atoms with E-state index in [1.54, 1.807) is 13.8 Å². The molecule has 0 radical (unpaired) electrons. The predicted molar refractivity (Wildman–Crippen MR) is 70.3 cm³/mol. The number of non-ortho nitro benzene ring substituents is 1. The van der Waals surface area contributed by atoms with Gasteiger partial charge in [-0.3, -0.25) is 10.1 Å². The lowest BCUT2D eigenvalue weighted by Gasteiger charge is -2.23. The summed E-state index contributed by atoms with van der Waals surface area (Å²) in [6.45, 7) is 4.76. The minimum Gasteiger partial charge on any atom is -0.388 e. The minimum atomic E-state index is -0.725. The van der Waals surface area contributed by atoms with Crippen LogP contribution in [-0.2, 0) is 0 Å². The summed E-state index contributed by atoms with van der Waals surface area (Å²) in [6.07, 6.45) is 0.666. The summed E-state index contributed by atoms with van der Waals surface area (Å²) in [7, 11) is 0. The second-order valence-electron chi connectivity index (χ2n) is 5.02. The number of aliphatic hydroxyl groups is 1. The van der Waals surface area contributed by atoms with Crippen LogP contribution in [-0.4, -0.2) is 28.7 Å². The van der Waals surface area contributed by atoms with Crippen LogP contribution in [0.25, 0.3) is 0 Å². The fourth-order valence-corrected chi connectivity index (χ4v) is 2.74. The standard InChI is InChI=1S/C12H15ClN2O3/c1-8-5-9(15(17)18)6-10(13)11(8)14-4-3-12(2,16)7-14/h5-6,16H,3-4,7H2,1-2H3. The quantitative estimate of drug-likeness (QED) is 0.662. The van der Waals surface area contributed by atoms with Crippen molar-refractivity contribution in [2.75, 3.05) is 18.0 Å². The van der Waals surface area contributed by atoms with E-state index in [4.69, 9.17) is 11.6 Å². The molecule has 0 saturated carbocycles. The maximum atomic E-state index is 10.7. The summed E-state index contributed by atoms with van der Waals surface area (Å²) in [5.74, 6) is 0. The van der Waals surface area contributed by atoms with E-state index >= 15 is 0 Å². The van der Waals surface area contributed by atoms with Crippen LogP contribution < -0.4 is 4.90 Å². The number of halogens is 1. The third-order valence-electron chi connectivity index (χ3n) is 3.22. The van der Waals surface area contributed by atoms with Crippen molar-refractivity contribution in [3.8, 4) is 0 Å². The molecular weight excluding hydrogens is 256 g/mol. The Morgan fingerprint density at radius 2 is 2.22 bits per heavy atom. The van der Waals surface area contributed by atoms with Crippen LogP contribution in [0.5, 0.6) is 0 Å². The molecule has 0 bridgehead atoms. The molecule has 1 unspecified atom stereocenters. The average Bonchev–Trinajstić information content (AvgIpc) is 2.57. The molecule has 1 atom stereocenters. The largest absolute Gasteiger partial charge is 0.388 e. The zero-order valence-electron chi connectivity index (χ0n) is 10.3. The van der Waals surface area contributed by atoms with Crippen molar-refractivity contribution in [3.05, 3.63) is 32.8 Å². The van der Waals surface area contributed by atoms with Gasteiger partial charge in [-0.2, -0.15) is 0 Å². The van der Waals surface area contributed by atoms with E-state index in [0.29, 0.717) is 24.5 Å². The van der Waals surface area contributed by atoms with Gasteiger partial charge in [0.1, 0.15) is 0 Å². The zero-order valence-corrected chi connectivity index (χ0v) is 11.1. The highest BCUT2D eigenvalue weighted by Gasteiger charge is 2.33. The van der Waals surface area contributed by atoms with Crippen molar-refractivity contribution in [3.63, 3.8) is 0 Å². The lowest BCUT2D eigenvalue weighted by atomic mass is 10.1. The Bertz CT molecular complexity index is 479. The summed E-state index contributed by atoms with van der Waals surface area (Å²) >= 11 is 6.12. The first-order chi connectivity index (χ1) is 8.30. The summed E-state index contributed by atoms with van der Waals surface area (Å²) < 4.78 is 0. The van der Waals surface area contributed by atoms with Crippen LogP contribution in [0.3, 0.4) is 0 Å². The van der Waals surface area contributed by atoms with E-state index in [-0.39, 0.29) is 5.69 Å². The zero-order chi connectivity index (χ0) is 13.5. The van der Waals surface area contributed by atoms with Crippen molar-refractivity contribution in [1.29, 1.82) is 0 Å². The van der Waals surface area contributed by atoms with Crippen LogP contribution >= 0.6 is 11.6 Å². The van der Waals surface area contributed by atoms with E-state index in [9.17, 15) is 15.2 Å². The van der Waals surface area contributed by atoms with Gasteiger partial charge in [0, 0.05) is 25.2 Å². The van der Waals surface area contributed by atoms with Crippen LogP contribution in [0, 0.1) is 17.0 Å². The Kier molecular flexibility index (Phi) is 3.21. The number of hydrogen-bond donors (Lipinski definition) is 1. The molecule has 1 aromatic carbocycles. The van der Waals surface area contributed by atoms with E-state index in [0.717, 1.165) is 11.3 Å². The second-order valence-corrected chi connectivity index (χ2v) is 5.43. The molecule has 1 aromatic rings. The highest BCUT2D eigenvalue weighted by atomic mass is 35.5. The number of nitro groups is 1. The molecule has 6 heteroatoms. The highest BCUT2D eigenvalue weighted by Crippen LogP contribution is 2.37. The molecule has 1 aliphatic heterocycles. The van der Waals surface area contributed by atoms with Gasteiger partial charge in [-0.05, 0) is 25.8 Å². The van der Waals surface area contributed by atoms with Crippen LogP contribution in [0.2, 0.25) is 5.02 Å². The molecule has 1 N–H and O–H groups in total. The Morgan fingerprint density at radius 3 is 2.67 bits per heavy atom. The molecule has 98 valence electrons. The van der Waals surface area contributed by atoms with Crippen molar-refractivity contribution in [2.45, 2.75) is 25.9 Å². The second kappa shape index (κ2) is 4.40. The summed E-state index contributed by atoms with van der Waals surface area (Å²) in [6, 6.07) is 2.87. The molecule has 2 rings (SSSR count). The Morgan fingerprint density at radius 1 is 1.56 bits per heavy atom. The first-order valence-corrected chi connectivity index (χ1v) is 6.10. The molecular formula is C12H15ClN2O3. The van der Waals surface area contributed by atoms with Crippen molar-refractivity contribution in [1.82, 2.24) is 0 Å². The van der Waals surface area contributed by atoms with Gasteiger partial charge in [0.15, 0.2) is 0 Å². The molecule has 0 spiro atoms. The Labute approximate surface area is 110 Å². The van der Waals surface area contributed by atoms with E-state index in [1.165, 1.54) is 12.1 Å². The summed E-state index contributed by atoms with van der Waals surface area (Å²) in [5.41, 5.74) is 0.802. The number of rotatable bonds is 2. The number of hydrogen-bond acceptors (Lipinski definition) is 4. The first kappa shape index (κ1) is 13.1. The third kappa shape index (κ3) is 2.42. The molecule has 1 aliphatic rings. The topological polar surface area (TPSA) is 66.6 Å². The van der Waals surface area contributed by atoms with Crippen molar-refractivity contribution in [2.24, 2.45) is 0 Å². The number of nitro benzene ring substituents is 1. The van der Waals surface area contributed by atoms with Crippen LogP contribution in [0.1, 0.15) is 18.9 Å². The molecule has 0 amide bonds. The van der Waals surface area contributed by atoms with E-state index in [2.05, 4.69) is 0 Å². The lowest BCUT2D eigenvalue weighted by Crippen LogP contribution is -2.30. The van der Waals surface area contributed by atoms with Gasteiger partial charge in [-0.15, -0.1) is 0 Å². The lowest BCUT2D eigenvalue weighted by molar-refractivity contribution is -0.384. The molecule has 0 aromatic heterocycles. The minimum absolute atomic E-state index is 0.00722. The van der Waals surface area contributed by atoms with E-state index < -0.39 is 10.5 Å². The highest BCUT2D eigenvalue weighted by molar-refractivity contribution is 6.33. The van der Waals surface area contributed by atoms with Gasteiger partial charge >= 0.3 is 0 Å². The van der Waals surface area contributed by atoms with Crippen LogP contribution in [0.15, 0.2) is 12.1 Å². The number of nitrogens with zero attached hydrogens (tertiary/aromatic N) is 2. The van der Waals surface area contributed by atoms with Gasteiger partial charge in [0.2, 0.25) is 0 Å². The number of aryl methyl sites for hydroxylation is 1. The van der Waals surface area contributed by atoms with Crippen LogP contribution in [0.4, 0.5) is 11.4 Å². The third-order valence-corrected chi connectivity index (χ3v) is 3.51. The average molecular weight is 271 g/mol. The fraction of sp³-hybridized carbons (Fsp3) is 0.500. The summed E-state index contributed by atoms with van der Waals surface area (Å²) in [5, 5.41) is 21.1. The van der Waals surface area contributed by atoms with Crippen molar-refractivity contribution >= 4 is 23.0 Å². The molecule has 1 fully saturated rings. The number of anilines is 1. The smallest absolute Gasteiger partial charge is 0.271 e. The molecule has 1 heterocycles. The number of β-amino-alcohol motifs (C(OH)–C–C–N with tert-alkyl or cyclic N) is 1. The summed E-state index contributed by atoms with van der Waals surface area (Å²) in [4.78, 5) is 12.3. The maximum absolute atomic E-state index is 10.7. The van der Waals surface area contributed by atoms with Gasteiger partial charge < -0.3 is 10.0 Å². The first-order valence-electron chi connectivity index (χ1n) is 5.72. The molecule has 18 heavy (non-hydrogen) atoms. The van der Waals surface area contributed by atoms with Gasteiger partial charge in [0.25, 0.3) is 5.69 Å². The van der Waals surface area contributed by atoms with Crippen molar-refractivity contribution < 1.29 is 10.0 Å². The predicted octanol–water partition coefficient (Wildman–Crippen LogP) is 2.52. The SMILES string of the molecule is Cc1cc([N+](=O)[O-])cc(Cl)c1N1CCC(C)(O)C1. The van der Waals surface area contributed by atoms with Gasteiger partial charge in [0.05, 0.1) is 21.2 Å². The number of benzene rings is 1. The van der Waals surface area contributed by atoms with Gasteiger partial charge in [-0.1, -0.05) is 11.6 Å². The Hall–Kier alpha value is -1.33. The fourth-order valence-electron chi connectivity index (χ4n) is 2.36. The molecule has 0 aliphatic carbocycles. The Balaban J connectivity index is 2.38. The van der Waals surface area contributed by atoms with Gasteiger partial charge in [-0.25, -0.2) is 0 Å². The monoisotopic (exact) mass is 270 g/mol. The normalized spacial score (nSPS) is 23.4. The van der Waals surface area contributed by atoms with E-state index in [1.807, 2.05) is 4.90 Å². The molecule has 5 nitrogen and oxygen atoms in total.